The molecule has 0 amide bonds. The van der Waals surface area contributed by atoms with Gasteiger partial charge in [0.05, 0.1) is 0 Å². The molecule has 0 N–H and O–H groups in total. The van der Waals surface area contributed by atoms with Gasteiger partial charge in [0.2, 0.25) is 0 Å². The molecule has 4 heteroatoms. The molecule has 1 aromatic rings. The van der Waals surface area contributed by atoms with Gasteiger partial charge in [-0.25, -0.2) is 10.0 Å². The van der Waals surface area contributed by atoms with Gasteiger partial charge in [0.15, 0.2) is 0 Å². The second-order valence-electron chi connectivity index (χ2n) is 6.10. The maximum atomic E-state index is 5.97. The quantitative estimate of drug-likeness (QED) is 0.799. The summed E-state index contributed by atoms with van der Waals surface area (Å²) in [5.74, 6) is 0. The molecule has 0 unspecified atom stereocenters. The lowest BCUT2D eigenvalue weighted by atomic mass is 9.81. The smallest absolute Gasteiger partial charge is 0.111 e. The highest BCUT2D eigenvalue weighted by molar-refractivity contribution is 6.30. The second-order valence-corrected chi connectivity index (χ2v) is 6.53. The Balaban J connectivity index is 1.93. The van der Waals surface area contributed by atoms with Gasteiger partial charge < -0.3 is 4.74 Å². The Kier molecular flexibility index (Phi) is 5.44. The minimum Gasteiger partial charge on any atom is -0.368 e. The highest BCUT2D eigenvalue weighted by Gasteiger charge is 2.26. The zero-order chi connectivity index (χ0) is 14.6. The van der Waals surface area contributed by atoms with Gasteiger partial charge in [-0.05, 0) is 36.0 Å². The third-order valence-electron chi connectivity index (χ3n) is 4.13. The minimum absolute atomic E-state index is 0.159. The number of hydrogen-bond acceptors (Lipinski definition) is 3. The fourth-order valence-electron chi connectivity index (χ4n) is 2.72. The highest BCUT2D eigenvalue weighted by Crippen LogP contribution is 2.29. The molecule has 0 radical (unpaired) electrons. The largest absolute Gasteiger partial charge is 0.368 e. The van der Waals surface area contributed by atoms with Gasteiger partial charge in [-0.15, -0.1) is 0 Å². The Morgan fingerprint density at radius 3 is 2.45 bits per heavy atom. The molecule has 20 heavy (non-hydrogen) atoms. The highest BCUT2D eigenvalue weighted by atomic mass is 35.5. The fourth-order valence-corrected chi connectivity index (χ4v) is 2.85. The Labute approximate surface area is 127 Å². The fraction of sp³-hybridized carbons (Fsp3) is 0.625. The third-order valence-corrected chi connectivity index (χ3v) is 4.38. The van der Waals surface area contributed by atoms with Crippen molar-refractivity contribution < 1.29 is 4.74 Å². The molecule has 1 aliphatic heterocycles. The SMILES string of the molecule is COCN1CCCN1CCC(C)(C)c1ccc(Cl)cc1. The molecule has 0 saturated carbocycles. The topological polar surface area (TPSA) is 15.7 Å². The van der Waals surface area contributed by atoms with Crippen molar-refractivity contribution in [3.63, 3.8) is 0 Å². The van der Waals surface area contributed by atoms with Crippen LogP contribution in [-0.4, -0.2) is 43.5 Å². The molecular formula is C16H25ClN2O. The normalized spacial score (nSPS) is 17.8. The number of rotatable bonds is 6. The van der Waals surface area contributed by atoms with Crippen molar-refractivity contribution in [1.29, 1.82) is 0 Å². The predicted molar refractivity (Wildman–Crippen MR) is 83.9 cm³/mol. The molecular weight excluding hydrogens is 272 g/mol. The van der Waals surface area contributed by atoms with E-state index in [-0.39, 0.29) is 5.41 Å². The van der Waals surface area contributed by atoms with E-state index in [0.717, 1.165) is 31.1 Å². The molecule has 0 aliphatic carbocycles. The van der Waals surface area contributed by atoms with Crippen LogP contribution in [0.15, 0.2) is 24.3 Å². The zero-order valence-electron chi connectivity index (χ0n) is 12.7. The van der Waals surface area contributed by atoms with Gasteiger partial charge in [-0.1, -0.05) is 37.6 Å². The molecule has 1 heterocycles. The summed E-state index contributed by atoms with van der Waals surface area (Å²) in [5, 5.41) is 5.52. The first-order valence-corrected chi connectivity index (χ1v) is 7.65. The van der Waals surface area contributed by atoms with Crippen molar-refractivity contribution >= 4 is 11.6 Å². The van der Waals surface area contributed by atoms with Crippen molar-refractivity contribution in [3.8, 4) is 0 Å². The molecule has 0 spiro atoms. The maximum absolute atomic E-state index is 5.97. The van der Waals surface area contributed by atoms with Crippen LogP contribution < -0.4 is 0 Å². The molecule has 3 nitrogen and oxygen atoms in total. The van der Waals surface area contributed by atoms with Gasteiger partial charge >= 0.3 is 0 Å². The molecule has 1 aliphatic rings. The molecule has 1 fully saturated rings. The summed E-state index contributed by atoms with van der Waals surface area (Å²) in [7, 11) is 1.76. The molecule has 1 saturated heterocycles. The Hall–Kier alpha value is -0.610. The van der Waals surface area contributed by atoms with Crippen LogP contribution in [0.5, 0.6) is 0 Å². The van der Waals surface area contributed by atoms with E-state index < -0.39 is 0 Å². The molecule has 0 atom stereocenters. The van der Waals surface area contributed by atoms with Crippen LogP contribution in [0.3, 0.4) is 0 Å². The van der Waals surface area contributed by atoms with Crippen LogP contribution in [0.25, 0.3) is 0 Å². The van der Waals surface area contributed by atoms with Crippen LogP contribution in [0, 0.1) is 0 Å². The van der Waals surface area contributed by atoms with Gasteiger partial charge in [-0.3, -0.25) is 0 Å². The first-order chi connectivity index (χ1) is 9.53. The molecule has 1 aromatic carbocycles. The van der Waals surface area contributed by atoms with Crippen LogP contribution in [0.1, 0.15) is 32.3 Å². The van der Waals surface area contributed by atoms with Gasteiger partial charge in [0.25, 0.3) is 0 Å². The molecule has 0 bridgehead atoms. The summed E-state index contributed by atoms with van der Waals surface area (Å²) >= 11 is 5.97. The minimum atomic E-state index is 0.159. The van der Waals surface area contributed by atoms with E-state index in [1.54, 1.807) is 7.11 Å². The van der Waals surface area contributed by atoms with E-state index in [1.807, 2.05) is 12.1 Å². The number of hydrogen-bond donors (Lipinski definition) is 0. The first kappa shape index (κ1) is 15.8. The number of hydrazine groups is 1. The van der Waals surface area contributed by atoms with Gasteiger partial charge in [0, 0.05) is 31.8 Å². The predicted octanol–water partition coefficient (Wildman–Crippen LogP) is 3.53. The summed E-state index contributed by atoms with van der Waals surface area (Å²) < 4.78 is 5.26. The second kappa shape index (κ2) is 6.90. The van der Waals surface area contributed by atoms with Crippen molar-refractivity contribution in [2.24, 2.45) is 0 Å². The summed E-state index contributed by atoms with van der Waals surface area (Å²) in [6, 6.07) is 8.23. The summed E-state index contributed by atoms with van der Waals surface area (Å²) in [4.78, 5) is 0. The van der Waals surface area contributed by atoms with Crippen molar-refractivity contribution in [1.82, 2.24) is 10.0 Å². The lowest BCUT2D eigenvalue weighted by molar-refractivity contribution is -0.0611. The monoisotopic (exact) mass is 296 g/mol. The lowest BCUT2D eigenvalue weighted by Crippen LogP contribution is -2.40. The number of methoxy groups -OCH3 is 1. The van der Waals surface area contributed by atoms with Gasteiger partial charge in [-0.2, -0.15) is 0 Å². The average molecular weight is 297 g/mol. The summed E-state index contributed by atoms with van der Waals surface area (Å²) in [6.45, 7) is 8.61. The third kappa shape index (κ3) is 3.95. The van der Waals surface area contributed by atoms with Crippen molar-refractivity contribution in [3.05, 3.63) is 34.9 Å². The van der Waals surface area contributed by atoms with Gasteiger partial charge in [0.1, 0.15) is 6.73 Å². The molecule has 0 aromatic heterocycles. The Morgan fingerprint density at radius 2 is 1.80 bits per heavy atom. The van der Waals surface area contributed by atoms with Crippen LogP contribution in [-0.2, 0) is 10.2 Å². The van der Waals surface area contributed by atoms with E-state index in [0.29, 0.717) is 6.73 Å². The standard InChI is InChI=1S/C16H25ClN2O/c1-16(2,14-5-7-15(17)8-6-14)9-12-18-10-4-11-19(18)13-20-3/h5-8H,4,9-13H2,1-3H3. The average Bonchev–Trinajstić information content (AvgIpc) is 2.85. The van der Waals surface area contributed by atoms with E-state index in [1.165, 1.54) is 12.0 Å². The Morgan fingerprint density at radius 1 is 1.15 bits per heavy atom. The molecule has 2 rings (SSSR count). The van der Waals surface area contributed by atoms with E-state index in [2.05, 4.69) is 36.0 Å². The zero-order valence-corrected chi connectivity index (χ0v) is 13.5. The number of halogens is 1. The van der Waals surface area contributed by atoms with Crippen LogP contribution >= 0.6 is 11.6 Å². The van der Waals surface area contributed by atoms with Crippen molar-refractivity contribution in [2.45, 2.75) is 32.1 Å². The van der Waals surface area contributed by atoms with E-state index in [4.69, 9.17) is 16.3 Å². The van der Waals surface area contributed by atoms with Crippen molar-refractivity contribution in [2.75, 3.05) is 33.5 Å². The summed E-state index contributed by atoms with van der Waals surface area (Å²) in [6.07, 6.45) is 2.35. The maximum Gasteiger partial charge on any atom is 0.111 e. The van der Waals surface area contributed by atoms with E-state index in [9.17, 15) is 0 Å². The Bertz CT molecular complexity index is 419. The number of ether oxygens (including phenoxy) is 1. The van der Waals surface area contributed by atoms with E-state index >= 15 is 0 Å². The first-order valence-electron chi connectivity index (χ1n) is 7.28. The van der Waals surface area contributed by atoms with Crippen LogP contribution in [0.2, 0.25) is 5.02 Å². The molecule has 112 valence electrons. The van der Waals surface area contributed by atoms with Crippen LogP contribution in [0.4, 0.5) is 0 Å². The number of benzene rings is 1. The lowest BCUT2D eigenvalue weighted by Gasteiger charge is -2.32. The number of nitrogens with zero attached hydrogens (tertiary/aromatic N) is 2. The summed E-state index contributed by atoms with van der Waals surface area (Å²) in [5.41, 5.74) is 1.51.